The largest absolute Gasteiger partial charge is 0.244 e. The molecule has 17 heavy (non-hydrogen) atoms. The lowest BCUT2D eigenvalue weighted by atomic mass is 10.2. The maximum atomic E-state index is 13.4. The van der Waals surface area contributed by atoms with Crippen LogP contribution >= 0.6 is 0 Å². The van der Waals surface area contributed by atoms with Gasteiger partial charge in [0.25, 0.3) is 0 Å². The van der Waals surface area contributed by atoms with Gasteiger partial charge < -0.3 is 0 Å². The molecule has 0 aromatic heterocycles. The van der Waals surface area contributed by atoms with Crippen LogP contribution in [0.25, 0.3) is 0 Å². The first-order chi connectivity index (χ1) is 8.19. The van der Waals surface area contributed by atoms with Gasteiger partial charge in [-0.25, -0.2) is 14.4 Å². The lowest BCUT2D eigenvalue weighted by molar-refractivity contribution is 0.351. The fourth-order valence-electron chi connectivity index (χ4n) is 1.27. The Labute approximate surface area is 101 Å². The smallest absolute Gasteiger partial charge is 0.141 e. The van der Waals surface area contributed by atoms with E-state index in [1.807, 2.05) is 6.92 Å². The van der Waals surface area contributed by atoms with E-state index < -0.39 is 0 Å². The number of hydrogen-bond donors (Lipinski definition) is 0. The van der Waals surface area contributed by atoms with E-state index in [4.69, 9.17) is 0 Å². The average molecular weight is 233 g/mol. The van der Waals surface area contributed by atoms with Gasteiger partial charge in [-0.15, -0.1) is 0 Å². The highest BCUT2D eigenvalue weighted by Crippen LogP contribution is 2.13. The van der Waals surface area contributed by atoms with E-state index in [-0.39, 0.29) is 12.4 Å². The second kappa shape index (κ2) is 6.58. The van der Waals surface area contributed by atoms with Crippen LogP contribution in [0.4, 0.5) is 4.39 Å². The summed E-state index contributed by atoms with van der Waals surface area (Å²) in [4.78, 5) is 4.09. The van der Waals surface area contributed by atoms with Gasteiger partial charge >= 0.3 is 0 Å². The van der Waals surface area contributed by atoms with Gasteiger partial charge in [0.05, 0.1) is 6.54 Å². The van der Waals surface area contributed by atoms with Crippen LogP contribution in [0.3, 0.4) is 0 Å². The molecule has 0 N–H and O–H groups in total. The van der Waals surface area contributed by atoms with Gasteiger partial charge in [-0.1, -0.05) is 31.7 Å². The predicted octanol–water partition coefficient (Wildman–Crippen LogP) is 3.20. The van der Waals surface area contributed by atoms with Crippen LogP contribution in [0.5, 0.6) is 0 Å². The summed E-state index contributed by atoms with van der Waals surface area (Å²) in [5.74, 6) is 0.179. The molecule has 4 heteroatoms. The van der Waals surface area contributed by atoms with Crippen molar-refractivity contribution in [3.8, 4) is 0 Å². The Morgan fingerprint density at radius 3 is 2.76 bits per heavy atom. The first-order valence-electron chi connectivity index (χ1n) is 5.38. The van der Waals surface area contributed by atoms with Gasteiger partial charge in [0, 0.05) is 18.5 Å². The van der Waals surface area contributed by atoms with E-state index in [0.29, 0.717) is 11.4 Å². The van der Waals surface area contributed by atoms with Crippen LogP contribution in [0.2, 0.25) is 0 Å². The van der Waals surface area contributed by atoms with Crippen molar-refractivity contribution in [1.29, 1.82) is 0 Å². The standard InChI is InChI=1S/C13H16FN3/c1-4-9-16-11(2)17(15-3)10-12-7-5-6-8-13(12)14/h5-9H,2-4,10H2,1H3. The van der Waals surface area contributed by atoms with E-state index in [1.54, 1.807) is 24.4 Å². The van der Waals surface area contributed by atoms with Crippen molar-refractivity contribution in [2.24, 2.45) is 10.1 Å². The molecule has 3 nitrogen and oxygen atoms in total. The molecule has 90 valence electrons. The third kappa shape index (κ3) is 3.83. The second-order valence-electron chi connectivity index (χ2n) is 3.43. The Hall–Kier alpha value is -1.97. The molecule has 0 aliphatic carbocycles. The van der Waals surface area contributed by atoms with Crippen LogP contribution in [0.1, 0.15) is 18.9 Å². The quantitative estimate of drug-likeness (QED) is 0.547. The van der Waals surface area contributed by atoms with Crippen LogP contribution in [0, 0.1) is 5.82 Å². The van der Waals surface area contributed by atoms with Crippen LogP contribution in [0.15, 0.2) is 46.8 Å². The molecule has 0 radical (unpaired) electrons. The van der Waals surface area contributed by atoms with Crippen molar-refractivity contribution >= 4 is 12.9 Å². The Morgan fingerprint density at radius 2 is 2.18 bits per heavy atom. The SMILES string of the molecule is C=NN(Cc1ccccc1F)C(=C)N=CCC. The lowest BCUT2D eigenvalue weighted by Crippen LogP contribution is -2.15. The minimum atomic E-state index is -0.270. The van der Waals surface area contributed by atoms with Crippen molar-refractivity contribution < 1.29 is 4.39 Å². The summed E-state index contributed by atoms with van der Waals surface area (Å²) < 4.78 is 13.4. The third-order valence-electron chi connectivity index (χ3n) is 2.17. The topological polar surface area (TPSA) is 28.0 Å². The van der Waals surface area contributed by atoms with Crippen LogP contribution in [-0.2, 0) is 6.54 Å². The predicted molar refractivity (Wildman–Crippen MR) is 69.4 cm³/mol. The second-order valence-corrected chi connectivity index (χ2v) is 3.43. The highest BCUT2D eigenvalue weighted by molar-refractivity contribution is 5.58. The van der Waals surface area contributed by atoms with E-state index in [0.717, 1.165) is 6.42 Å². The van der Waals surface area contributed by atoms with Gasteiger partial charge in [-0.05, 0) is 12.5 Å². The van der Waals surface area contributed by atoms with Crippen molar-refractivity contribution in [2.75, 3.05) is 0 Å². The zero-order valence-electron chi connectivity index (χ0n) is 9.93. The van der Waals surface area contributed by atoms with E-state index in [9.17, 15) is 4.39 Å². The summed E-state index contributed by atoms with van der Waals surface area (Å²) in [7, 11) is 0. The minimum Gasteiger partial charge on any atom is -0.244 e. The number of halogens is 1. The van der Waals surface area contributed by atoms with Crippen molar-refractivity contribution in [3.05, 3.63) is 48.0 Å². The van der Waals surface area contributed by atoms with E-state index in [2.05, 4.69) is 23.4 Å². The zero-order valence-corrected chi connectivity index (χ0v) is 9.93. The molecule has 0 atom stereocenters. The molecule has 0 fully saturated rings. The molecular formula is C13H16FN3. The molecule has 1 rings (SSSR count). The molecule has 0 saturated heterocycles. The number of aliphatic imine (C=N–C) groups is 1. The first kappa shape index (κ1) is 13.1. The highest BCUT2D eigenvalue weighted by atomic mass is 19.1. The molecular weight excluding hydrogens is 217 g/mol. The number of rotatable bonds is 6. The number of hydrogen-bond acceptors (Lipinski definition) is 3. The molecule has 0 heterocycles. The summed E-state index contributed by atoms with van der Waals surface area (Å²) in [5, 5.41) is 5.24. The molecule has 0 aliphatic heterocycles. The summed E-state index contributed by atoms with van der Waals surface area (Å²) >= 11 is 0. The van der Waals surface area contributed by atoms with Crippen molar-refractivity contribution in [2.45, 2.75) is 19.9 Å². The molecule has 0 unspecified atom stereocenters. The molecule has 0 bridgehead atoms. The normalized spacial score (nSPS) is 10.5. The number of nitrogens with zero attached hydrogens (tertiary/aromatic N) is 3. The summed E-state index contributed by atoms with van der Waals surface area (Å²) in [6.45, 7) is 9.44. The molecule has 0 saturated carbocycles. The lowest BCUT2D eigenvalue weighted by Gasteiger charge is -2.17. The Balaban J connectivity index is 2.77. The maximum Gasteiger partial charge on any atom is 0.141 e. The Bertz CT molecular complexity index is 426. The fraction of sp³-hybridized carbons (Fsp3) is 0.231. The average Bonchev–Trinajstić information content (AvgIpc) is 2.35. The molecule has 1 aromatic rings. The van der Waals surface area contributed by atoms with Gasteiger partial charge in [0.2, 0.25) is 0 Å². The van der Waals surface area contributed by atoms with Crippen LogP contribution < -0.4 is 0 Å². The highest BCUT2D eigenvalue weighted by Gasteiger charge is 2.08. The fourth-order valence-corrected chi connectivity index (χ4v) is 1.27. The van der Waals surface area contributed by atoms with Crippen molar-refractivity contribution in [1.82, 2.24) is 5.01 Å². The Kier molecular flexibility index (Phi) is 5.07. The minimum absolute atomic E-state index is 0.270. The van der Waals surface area contributed by atoms with E-state index >= 15 is 0 Å². The van der Waals surface area contributed by atoms with Gasteiger partial charge in [-0.2, -0.15) is 5.10 Å². The van der Waals surface area contributed by atoms with Gasteiger partial charge in [0.1, 0.15) is 11.6 Å². The van der Waals surface area contributed by atoms with Crippen LogP contribution in [-0.4, -0.2) is 17.9 Å². The van der Waals surface area contributed by atoms with Crippen molar-refractivity contribution in [3.63, 3.8) is 0 Å². The summed E-state index contributed by atoms with van der Waals surface area (Å²) in [6.07, 6.45) is 2.53. The monoisotopic (exact) mass is 233 g/mol. The molecule has 0 amide bonds. The number of hydrazone groups is 1. The van der Waals surface area contributed by atoms with Gasteiger partial charge in [0.15, 0.2) is 0 Å². The third-order valence-corrected chi connectivity index (χ3v) is 2.17. The molecule has 0 spiro atoms. The zero-order chi connectivity index (χ0) is 12.7. The van der Waals surface area contributed by atoms with Gasteiger partial charge in [-0.3, -0.25) is 0 Å². The maximum absolute atomic E-state index is 13.4. The summed E-state index contributed by atoms with van der Waals surface area (Å²) in [5.41, 5.74) is 0.535. The number of benzene rings is 1. The first-order valence-corrected chi connectivity index (χ1v) is 5.38. The Morgan fingerprint density at radius 1 is 1.47 bits per heavy atom. The van der Waals surface area contributed by atoms with E-state index in [1.165, 1.54) is 11.1 Å². The molecule has 0 aliphatic rings. The molecule has 1 aromatic carbocycles. The summed E-state index contributed by atoms with van der Waals surface area (Å²) in [6, 6.07) is 6.53.